The van der Waals surface area contributed by atoms with E-state index >= 15 is 0 Å². The molecular weight excluding hydrogens is 354 g/mol. The quantitative estimate of drug-likeness (QED) is 0.329. The molecule has 0 aliphatic rings. The van der Waals surface area contributed by atoms with Gasteiger partial charge in [0.05, 0.1) is 16.0 Å². The maximum absolute atomic E-state index is 10.7. The summed E-state index contributed by atoms with van der Waals surface area (Å²) in [6.45, 7) is 8.58. The first-order valence-electron chi connectivity index (χ1n) is 6.84. The minimum Gasteiger partial charge on any atom is -0.492 e. The van der Waals surface area contributed by atoms with Crippen LogP contribution < -0.4 is 4.74 Å². The molecular formula is C14H22BrNO4Si. The van der Waals surface area contributed by atoms with Crippen molar-refractivity contribution >= 4 is 29.9 Å². The fourth-order valence-corrected chi connectivity index (χ4v) is 2.99. The van der Waals surface area contributed by atoms with Gasteiger partial charge in [-0.05, 0) is 53.0 Å². The average molecular weight is 376 g/mol. The summed E-state index contributed by atoms with van der Waals surface area (Å²) in [5, 5.41) is 10.6. The Balaban J connectivity index is 2.52. The Morgan fingerprint density at radius 2 is 2.05 bits per heavy atom. The first-order valence-corrected chi connectivity index (χ1v) is 10.6. The fraction of sp³-hybridized carbons (Fsp3) is 0.571. The number of hydrogen-bond acceptors (Lipinski definition) is 4. The molecule has 1 aromatic carbocycles. The van der Waals surface area contributed by atoms with E-state index in [2.05, 4.69) is 29.8 Å². The minimum absolute atomic E-state index is 0.0309. The topological polar surface area (TPSA) is 72.6 Å². The third kappa shape index (κ3) is 5.08. The number of ether oxygens (including phenoxy) is 1. The summed E-state index contributed by atoms with van der Waals surface area (Å²) < 4.78 is 6.22. The second kappa shape index (κ2) is 6.89. The summed E-state index contributed by atoms with van der Waals surface area (Å²) in [6, 6.07) is 4.45. The van der Waals surface area contributed by atoms with Crippen molar-refractivity contribution in [2.24, 2.45) is 0 Å². The Labute approximate surface area is 134 Å². The van der Waals surface area contributed by atoms with E-state index in [0.29, 0.717) is 16.8 Å². The number of benzene rings is 1. The van der Waals surface area contributed by atoms with E-state index in [4.69, 9.17) is 4.74 Å². The van der Waals surface area contributed by atoms with Crippen LogP contribution in [0.15, 0.2) is 22.7 Å². The number of non-ortho nitro benzene ring substituents is 1. The van der Waals surface area contributed by atoms with Gasteiger partial charge in [0.2, 0.25) is 0 Å². The second-order valence-electron chi connectivity index (χ2n) is 6.27. The van der Waals surface area contributed by atoms with E-state index < -0.39 is 13.2 Å². The minimum atomic E-state index is -2.18. The summed E-state index contributed by atoms with van der Waals surface area (Å²) in [5.74, 6) is 0.596. The summed E-state index contributed by atoms with van der Waals surface area (Å²) in [5.41, 5.74) is 0.0309. The van der Waals surface area contributed by atoms with Crippen molar-refractivity contribution in [3.63, 3.8) is 0 Å². The molecule has 0 saturated heterocycles. The van der Waals surface area contributed by atoms with Gasteiger partial charge in [-0.25, -0.2) is 0 Å². The van der Waals surface area contributed by atoms with Crippen LogP contribution in [0.1, 0.15) is 26.7 Å². The first kappa shape index (κ1) is 18.1. The van der Waals surface area contributed by atoms with Crippen molar-refractivity contribution in [2.75, 3.05) is 6.61 Å². The van der Waals surface area contributed by atoms with Gasteiger partial charge in [-0.2, -0.15) is 0 Å². The van der Waals surface area contributed by atoms with Gasteiger partial charge in [0.25, 0.3) is 5.69 Å². The van der Waals surface area contributed by atoms with Crippen LogP contribution >= 0.6 is 15.9 Å². The van der Waals surface area contributed by atoms with Gasteiger partial charge in [-0.1, -0.05) is 13.8 Å². The van der Waals surface area contributed by atoms with Gasteiger partial charge < -0.3 is 9.53 Å². The molecule has 0 saturated carbocycles. The van der Waals surface area contributed by atoms with Crippen molar-refractivity contribution in [1.29, 1.82) is 0 Å². The highest BCUT2D eigenvalue weighted by molar-refractivity contribution is 9.10. The van der Waals surface area contributed by atoms with Crippen LogP contribution in [-0.4, -0.2) is 24.6 Å². The van der Waals surface area contributed by atoms with Crippen LogP contribution in [0.5, 0.6) is 5.75 Å². The molecule has 0 aromatic heterocycles. The second-order valence-corrected chi connectivity index (χ2v) is 11.6. The van der Waals surface area contributed by atoms with Crippen LogP contribution in [0.4, 0.5) is 5.69 Å². The molecule has 0 aliphatic heterocycles. The lowest BCUT2D eigenvalue weighted by molar-refractivity contribution is -0.385. The molecule has 118 valence electrons. The maximum Gasteiger partial charge on any atom is 0.270 e. The van der Waals surface area contributed by atoms with Crippen molar-refractivity contribution in [3.05, 3.63) is 32.8 Å². The standard InChI is InChI=1S/C14H22BrNO4Si/c1-14(2,21(3,4)19)8-5-9-20-13-7-6-11(16(17)18)10-12(13)15/h6-7,10,19H,5,8-9H2,1-4H3. The van der Waals surface area contributed by atoms with Gasteiger partial charge in [-0.3, -0.25) is 10.1 Å². The van der Waals surface area contributed by atoms with Gasteiger partial charge >= 0.3 is 0 Å². The number of halogens is 1. The molecule has 7 heteroatoms. The number of hydrogen-bond donors (Lipinski definition) is 1. The molecule has 1 N–H and O–H groups in total. The number of nitro benzene ring substituents is 1. The van der Waals surface area contributed by atoms with Crippen molar-refractivity contribution < 1.29 is 14.5 Å². The third-order valence-corrected chi connectivity index (χ3v) is 8.17. The summed E-state index contributed by atoms with van der Waals surface area (Å²) in [4.78, 5) is 20.4. The van der Waals surface area contributed by atoms with E-state index in [1.165, 1.54) is 12.1 Å². The zero-order valence-electron chi connectivity index (χ0n) is 12.9. The summed E-state index contributed by atoms with van der Waals surface area (Å²) >= 11 is 3.28. The monoisotopic (exact) mass is 375 g/mol. The first-order chi connectivity index (χ1) is 9.54. The van der Waals surface area contributed by atoms with Crippen LogP contribution in [0.25, 0.3) is 0 Å². The number of nitro groups is 1. The lowest BCUT2D eigenvalue weighted by atomic mass is 10.1. The summed E-state index contributed by atoms with van der Waals surface area (Å²) in [6.07, 6.45) is 1.71. The number of rotatable bonds is 7. The van der Waals surface area contributed by atoms with Crippen molar-refractivity contribution in [3.8, 4) is 5.75 Å². The average Bonchev–Trinajstić information content (AvgIpc) is 2.34. The molecule has 0 radical (unpaired) electrons. The van der Waals surface area contributed by atoms with Crippen LogP contribution in [0.3, 0.4) is 0 Å². The molecule has 0 fully saturated rings. The Bertz CT molecular complexity index is 514. The predicted octanol–water partition coefficient (Wildman–Crippen LogP) is 4.49. The molecule has 1 rings (SSSR count). The smallest absolute Gasteiger partial charge is 0.270 e. The molecule has 0 atom stereocenters. The van der Waals surface area contributed by atoms with Crippen LogP contribution in [0.2, 0.25) is 18.1 Å². The van der Waals surface area contributed by atoms with Gasteiger partial charge in [0.1, 0.15) is 5.75 Å². The molecule has 5 nitrogen and oxygen atoms in total. The van der Waals surface area contributed by atoms with Gasteiger partial charge in [0, 0.05) is 12.1 Å². The van der Waals surface area contributed by atoms with Gasteiger partial charge in [0.15, 0.2) is 8.32 Å². The third-order valence-electron chi connectivity index (χ3n) is 3.99. The van der Waals surface area contributed by atoms with Crippen LogP contribution in [-0.2, 0) is 0 Å². The maximum atomic E-state index is 10.7. The fourth-order valence-electron chi connectivity index (χ4n) is 1.72. The van der Waals surface area contributed by atoms with E-state index in [0.717, 1.165) is 12.8 Å². The van der Waals surface area contributed by atoms with E-state index in [1.807, 2.05) is 13.1 Å². The van der Waals surface area contributed by atoms with E-state index in [1.54, 1.807) is 6.07 Å². The van der Waals surface area contributed by atoms with Crippen LogP contribution in [0, 0.1) is 10.1 Å². The molecule has 0 amide bonds. The molecule has 21 heavy (non-hydrogen) atoms. The molecule has 0 bridgehead atoms. The van der Waals surface area contributed by atoms with Gasteiger partial charge in [-0.15, -0.1) is 0 Å². The normalized spacial score (nSPS) is 12.3. The Morgan fingerprint density at radius 1 is 1.43 bits per heavy atom. The van der Waals surface area contributed by atoms with Crippen molar-refractivity contribution in [2.45, 2.75) is 44.8 Å². The Hall–Kier alpha value is -0.923. The largest absolute Gasteiger partial charge is 0.492 e. The predicted molar refractivity (Wildman–Crippen MR) is 89.3 cm³/mol. The molecule has 0 heterocycles. The lowest BCUT2D eigenvalue weighted by Gasteiger charge is -2.35. The highest BCUT2D eigenvalue weighted by atomic mass is 79.9. The Morgan fingerprint density at radius 3 is 2.52 bits per heavy atom. The van der Waals surface area contributed by atoms with E-state index in [-0.39, 0.29) is 10.7 Å². The lowest BCUT2D eigenvalue weighted by Crippen LogP contribution is -2.39. The van der Waals surface area contributed by atoms with E-state index in [9.17, 15) is 14.9 Å². The number of nitrogens with zero attached hydrogens (tertiary/aromatic N) is 1. The zero-order chi connectivity index (χ0) is 16.3. The molecule has 0 unspecified atom stereocenters. The SMILES string of the molecule is CC(C)(CCCOc1ccc([N+](=O)[O-])cc1Br)[Si](C)(C)O. The highest BCUT2D eigenvalue weighted by Gasteiger charge is 2.37. The Kier molecular flexibility index (Phi) is 5.95. The molecule has 0 aliphatic carbocycles. The van der Waals surface area contributed by atoms with Crippen molar-refractivity contribution in [1.82, 2.24) is 0 Å². The summed E-state index contributed by atoms with van der Waals surface area (Å²) in [7, 11) is -2.18. The zero-order valence-corrected chi connectivity index (χ0v) is 15.4. The molecule has 1 aromatic rings. The molecule has 0 spiro atoms. The highest BCUT2D eigenvalue weighted by Crippen LogP contribution is 2.39.